The molecule has 2 aromatic rings. The lowest BCUT2D eigenvalue weighted by atomic mass is 10.2. The minimum atomic E-state index is -0.605. The predicted octanol–water partition coefficient (Wildman–Crippen LogP) is 3.17. The maximum atomic E-state index is 13.6. The van der Waals surface area contributed by atoms with Crippen LogP contribution in [0.3, 0.4) is 0 Å². The number of pyridine rings is 1. The number of carbonyl (C=O) groups excluding carboxylic acids is 1. The number of hydrogen-bond acceptors (Lipinski definition) is 3. The lowest BCUT2D eigenvalue weighted by Gasteiger charge is -2.17. The van der Waals surface area contributed by atoms with Gasteiger partial charge >= 0.3 is 0 Å². The number of aromatic nitrogens is 1. The van der Waals surface area contributed by atoms with E-state index in [4.69, 9.17) is 16.3 Å². The summed E-state index contributed by atoms with van der Waals surface area (Å²) in [7, 11) is 0. The van der Waals surface area contributed by atoms with Crippen molar-refractivity contribution >= 4 is 17.5 Å². The van der Waals surface area contributed by atoms with Gasteiger partial charge in [0.05, 0.1) is 18.3 Å². The molecule has 1 saturated heterocycles. The Labute approximate surface area is 132 Å². The Balaban J connectivity index is 1.65. The zero-order valence-electron chi connectivity index (χ0n) is 11.7. The molecule has 114 valence electrons. The molecule has 0 aliphatic carbocycles. The molecule has 4 nitrogen and oxygen atoms in total. The molecule has 0 bridgehead atoms. The van der Waals surface area contributed by atoms with Gasteiger partial charge in [-0.1, -0.05) is 17.7 Å². The van der Waals surface area contributed by atoms with Crippen molar-refractivity contribution in [3.63, 3.8) is 0 Å². The molecule has 1 atom stereocenters. The fraction of sp³-hybridized carbons (Fsp3) is 0.250. The third-order valence-corrected chi connectivity index (χ3v) is 3.77. The van der Waals surface area contributed by atoms with Crippen molar-refractivity contribution in [2.45, 2.75) is 12.5 Å². The first-order chi connectivity index (χ1) is 10.6. The zero-order chi connectivity index (χ0) is 15.5. The smallest absolute Gasteiger partial charge is 0.257 e. The fourth-order valence-corrected chi connectivity index (χ4v) is 2.64. The Morgan fingerprint density at radius 2 is 2.27 bits per heavy atom. The number of amides is 1. The molecule has 0 saturated carbocycles. The van der Waals surface area contributed by atoms with Gasteiger partial charge in [-0.05, 0) is 24.3 Å². The van der Waals surface area contributed by atoms with Crippen LogP contribution in [0, 0.1) is 5.82 Å². The van der Waals surface area contributed by atoms with Crippen molar-refractivity contribution in [3.8, 4) is 5.75 Å². The minimum Gasteiger partial charge on any atom is -0.488 e. The third kappa shape index (κ3) is 3.20. The number of benzene rings is 1. The quantitative estimate of drug-likeness (QED) is 0.872. The summed E-state index contributed by atoms with van der Waals surface area (Å²) in [5.41, 5.74) is 0.0402. The summed E-state index contributed by atoms with van der Waals surface area (Å²) in [5, 5.41) is 0.599. The number of likely N-dealkylation sites (tertiary alicyclic amines) is 1. The van der Waals surface area contributed by atoms with Gasteiger partial charge in [-0.3, -0.25) is 9.78 Å². The van der Waals surface area contributed by atoms with Crippen molar-refractivity contribution in [2.75, 3.05) is 13.1 Å². The second kappa shape index (κ2) is 6.32. The molecule has 1 aliphatic heterocycles. The molecule has 2 heterocycles. The van der Waals surface area contributed by atoms with Crippen LogP contribution in [0.5, 0.6) is 5.75 Å². The second-order valence-electron chi connectivity index (χ2n) is 5.09. The molecule has 1 aromatic heterocycles. The summed E-state index contributed by atoms with van der Waals surface area (Å²) >= 11 is 5.91. The second-order valence-corrected chi connectivity index (χ2v) is 5.53. The van der Waals surface area contributed by atoms with E-state index >= 15 is 0 Å². The number of halogens is 2. The third-order valence-electron chi connectivity index (χ3n) is 3.53. The Morgan fingerprint density at radius 1 is 1.41 bits per heavy atom. The highest BCUT2D eigenvalue weighted by Crippen LogP contribution is 2.22. The van der Waals surface area contributed by atoms with Crippen molar-refractivity contribution < 1.29 is 13.9 Å². The standard InChI is InChI=1S/C16H14ClFN2O2/c17-11-2-1-3-12(8-11)22-13-5-7-20(10-13)16(21)14-4-6-19-9-15(14)18/h1-4,6,8-9,13H,5,7,10H2/t13-/m0/s1. The molecule has 0 N–H and O–H groups in total. The molecular weight excluding hydrogens is 307 g/mol. The summed E-state index contributed by atoms with van der Waals surface area (Å²) in [6.45, 7) is 0.957. The van der Waals surface area contributed by atoms with Crippen LogP contribution < -0.4 is 4.74 Å². The Hall–Kier alpha value is -2.14. The van der Waals surface area contributed by atoms with Gasteiger partial charge in [0.25, 0.3) is 5.91 Å². The molecule has 6 heteroatoms. The van der Waals surface area contributed by atoms with E-state index in [-0.39, 0.29) is 17.6 Å². The van der Waals surface area contributed by atoms with E-state index in [2.05, 4.69) is 4.98 Å². The first kappa shape index (κ1) is 14.8. The Morgan fingerprint density at radius 3 is 3.05 bits per heavy atom. The molecule has 1 aromatic carbocycles. The molecule has 0 unspecified atom stereocenters. The molecule has 0 spiro atoms. The number of nitrogens with zero attached hydrogens (tertiary/aromatic N) is 2. The maximum absolute atomic E-state index is 13.6. The number of ether oxygens (including phenoxy) is 1. The lowest BCUT2D eigenvalue weighted by molar-refractivity contribution is 0.0767. The molecule has 1 amide bonds. The highest BCUT2D eigenvalue weighted by molar-refractivity contribution is 6.30. The number of hydrogen-bond donors (Lipinski definition) is 0. The summed E-state index contributed by atoms with van der Waals surface area (Å²) in [6, 6.07) is 8.52. The average Bonchev–Trinajstić information content (AvgIpc) is 2.95. The van der Waals surface area contributed by atoms with Gasteiger partial charge in [-0.15, -0.1) is 0 Å². The molecule has 1 aliphatic rings. The average molecular weight is 321 g/mol. The first-order valence-electron chi connectivity index (χ1n) is 6.94. The molecule has 0 radical (unpaired) electrons. The van der Waals surface area contributed by atoms with E-state index in [1.807, 2.05) is 12.1 Å². The monoisotopic (exact) mass is 320 g/mol. The van der Waals surface area contributed by atoms with E-state index < -0.39 is 5.82 Å². The van der Waals surface area contributed by atoms with E-state index in [0.717, 1.165) is 6.20 Å². The van der Waals surface area contributed by atoms with Gasteiger partial charge < -0.3 is 9.64 Å². The molecule has 22 heavy (non-hydrogen) atoms. The van der Waals surface area contributed by atoms with E-state index in [1.54, 1.807) is 17.0 Å². The largest absolute Gasteiger partial charge is 0.488 e. The lowest BCUT2D eigenvalue weighted by Crippen LogP contribution is -2.31. The SMILES string of the molecule is O=C(c1ccncc1F)N1CC[C@H](Oc2cccc(Cl)c2)C1. The summed E-state index contributed by atoms with van der Waals surface area (Å²) in [4.78, 5) is 17.5. The topological polar surface area (TPSA) is 42.4 Å². The van der Waals surface area contributed by atoms with Crippen LogP contribution in [0.2, 0.25) is 5.02 Å². The van der Waals surface area contributed by atoms with Crippen LogP contribution >= 0.6 is 11.6 Å². The van der Waals surface area contributed by atoms with Crippen molar-refractivity contribution in [1.29, 1.82) is 0 Å². The zero-order valence-corrected chi connectivity index (χ0v) is 12.5. The Kier molecular flexibility index (Phi) is 4.24. The first-order valence-corrected chi connectivity index (χ1v) is 7.32. The number of rotatable bonds is 3. The van der Waals surface area contributed by atoms with Gasteiger partial charge in [0.1, 0.15) is 11.9 Å². The Bertz CT molecular complexity index is 695. The van der Waals surface area contributed by atoms with Crippen LogP contribution in [0.4, 0.5) is 4.39 Å². The fourth-order valence-electron chi connectivity index (χ4n) is 2.46. The van der Waals surface area contributed by atoms with E-state index in [1.165, 1.54) is 12.3 Å². The van der Waals surface area contributed by atoms with Gasteiger partial charge in [0.15, 0.2) is 5.82 Å². The van der Waals surface area contributed by atoms with Crippen LogP contribution in [-0.4, -0.2) is 35.0 Å². The molecule has 3 rings (SSSR count). The van der Waals surface area contributed by atoms with E-state index in [9.17, 15) is 9.18 Å². The number of carbonyl (C=O) groups is 1. The van der Waals surface area contributed by atoms with Crippen LogP contribution in [0.15, 0.2) is 42.7 Å². The van der Waals surface area contributed by atoms with Crippen LogP contribution in [0.25, 0.3) is 0 Å². The molecule has 1 fully saturated rings. The van der Waals surface area contributed by atoms with Gasteiger partial charge in [-0.25, -0.2) is 4.39 Å². The molecular formula is C16H14ClFN2O2. The van der Waals surface area contributed by atoms with Crippen molar-refractivity contribution in [2.24, 2.45) is 0 Å². The van der Waals surface area contributed by atoms with Gasteiger partial charge in [0.2, 0.25) is 0 Å². The van der Waals surface area contributed by atoms with E-state index in [0.29, 0.717) is 30.3 Å². The maximum Gasteiger partial charge on any atom is 0.257 e. The predicted molar refractivity (Wildman–Crippen MR) is 80.6 cm³/mol. The summed E-state index contributed by atoms with van der Waals surface area (Å²) in [5.74, 6) is -0.273. The van der Waals surface area contributed by atoms with Gasteiger partial charge in [-0.2, -0.15) is 0 Å². The summed E-state index contributed by atoms with van der Waals surface area (Å²) in [6.07, 6.45) is 3.04. The minimum absolute atomic E-state index is 0.0402. The van der Waals surface area contributed by atoms with Crippen molar-refractivity contribution in [3.05, 3.63) is 59.1 Å². The summed E-state index contributed by atoms with van der Waals surface area (Å²) < 4.78 is 19.4. The van der Waals surface area contributed by atoms with Gasteiger partial charge in [0, 0.05) is 24.2 Å². The highest BCUT2D eigenvalue weighted by atomic mass is 35.5. The van der Waals surface area contributed by atoms with Crippen LogP contribution in [-0.2, 0) is 0 Å². The van der Waals surface area contributed by atoms with Crippen LogP contribution in [0.1, 0.15) is 16.8 Å². The van der Waals surface area contributed by atoms with Crippen molar-refractivity contribution in [1.82, 2.24) is 9.88 Å². The normalized spacial score (nSPS) is 17.5. The highest BCUT2D eigenvalue weighted by Gasteiger charge is 2.29.